The maximum absolute atomic E-state index is 5.41. The normalized spacial score (nSPS) is 11.3. The Kier molecular flexibility index (Phi) is 4.21. The largest absolute Gasteiger partial charge is 0.481 e. The van der Waals surface area contributed by atoms with Gasteiger partial charge in [-0.25, -0.2) is 9.67 Å². The molecule has 0 aliphatic carbocycles. The van der Waals surface area contributed by atoms with Gasteiger partial charge in [-0.05, 0) is 6.92 Å². The van der Waals surface area contributed by atoms with Gasteiger partial charge in [-0.1, -0.05) is 13.8 Å². The Morgan fingerprint density at radius 2 is 2.21 bits per heavy atom. The first-order valence-corrected chi connectivity index (χ1v) is 7.10. The van der Waals surface area contributed by atoms with Crippen molar-refractivity contribution < 1.29 is 4.74 Å². The van der Waals surface area contributed by atoms with Crippen LogP contribution in [0.2, 0.25) is 0 Å². The Bertz CT molecular complexity index is 559. The van der Waals surface area contributed by atoms with Crippen LogP contribution in [0.15, 0.2) is 6.20 Å². The zero-order valence-electron chi connectivity index (χ0n) is 12.0. The van der Waals surface area contributed by atoms with E-state index in [2.05, 4.69) is 29.2 Å². The van der Waals surface area contributed by atoms with Crippen molar-refractivity contribution in [3.05, 3.63) is 16.8 Å². The maximum Gasteiger partial charge on any atom is 0.222 e. The van der Waals surface area contributed by atoms with E-state index < -0.39 is 0 Å². The van der Waals surface area contributed by atoms with Gasteiger partial charge in [0.1, 0.15) is 5.01 Å². The third-order valence-corrected chi connectivity index (χ3v) is 3.83. The number of hydrogen-bond acceptors (Lipinski definition) is 5. The lowest BCUT2D eigenvalue weighted by Gasteiger charge is -2.04. The van der Waals surface area contributed by atoms with E-state index in [1.807, 2.05) is 20.2 Å². The molecule has 0 atom stereocenters. The van der Waals surface area contributed by atoms with Crippen LogP contribution in [0.25, 0.3) is 10.6 Å². The minimum absolute atomic E-state index is 0.472. The molecule has 0 fully saturated rings. The highest BCUT2D eigenvalue weighted by Gasteiger charge is 2.18. The summed E-state index contributed by atoms with van der Waals surface area (Å²) in [5, 5.41) is 8.74. The molecule has 0 amide bonds. The van der Waals surface area contributed by atoms with Crippen molar-refractivity contribution in [2.45, 2.75) is 33.4 Å². The van der Waals surface area contributed by atoms with Gasteiger partial charge in [0.05, 0.1) is 18.4 Å². The summed E-state index contributed by atoms with van der Waals surface area (Å²) in [4.78, 5) is 5.71. The topological polar surface area (TPSA) is 52.0 Å². The quantitative estimate of drug-likeness (QED) is 0.913. The lowest BCUT2D eigenvalue weighted by Crippen LogP contribution is -2.21. The van der Waals surface area contributed by atoms with E-state index in [1.165, 1.54) is 4.88 Å². The maximum atomic E-state index is 5.41. The molecule has 0 saturated heterocycles. The fourth-order valence-electron chi connectivity index (χ4n) is 1.93. The van der Waals surface area contributed by atoms with Crippen LogP contribution in [0.3, 0.4) is 0 Å². The highest BCUT2D eigenvalue weighted by Crippen LogP contribution is 2.35. The van der Waals surface area contributed by atoms with Crippen LogP contribution in [0, 0.1) is 6.92 Å². The van der Waals surface area contributed by atoms with Gasteiger partial charge in [0, 0.05) is 30.7 Å². The summed E-state index contributed by atoms with van der Waals surface area (Å²) in [6.45, 7) is 7.09. The van der Waals surface area contributed by atoms with Crippen LogP contribution < -0.4 is 10.1 Å². The van der Waals surface area contributed by atoms with E-state index in [4.69, 9.17) is 4.74 Å². The Balaban J connectivity index is 2.27. The zero-order valence-corrected chi connectivity index (χ0v) is 12.8. The van der Waals surface area contributed by atoms with E-state index in [1.54, 1.807) is 23.1 Å². The van der Waals surface area contributed by atoms with Crippen LogP contribution >= 0.6 is 11.3 Å². The van der Waals surface area contributed by atoms with Gasteiger partial charge in [0.25, 0.3) is 0 Å². The zero-order chi connectivity index (χ0) is 14.0. The van der Waals surface area contributed by atoms with E-state index in [9.17, 15) is 0 Å². The third kappa shape index (κ3) is 2.96. The average Bonchev–Trinajstić information content (AvgIpc) is 2.90. The van der Waals surface area contributed by atoms with Crippen molar-refractivity contribution in [2.24, 2.45) is 7.05 Å². The number of thiazole rings is 1. The lowest BCUT2D eigenvalue weighted by molar-refractivity contribution is 0.375. The third-order valence-electron chi connectivity index (χ3n) is 2.81. The van der Waals surface area contributed by atoms with Gasteiger partial charge < -0.3 is 10.1 Å². The molecule has 104 valence electrons. The fourth-order valence-corrected chi connectivity index (χ4v) is 2.88. The number of aryl methyl sites for hydroxylation is 2. The second kappa shape index (κ2) is 5.71. The number of rotatable bonds is 5. The minimum atomic E-state index is 0.472. The first-order valence-electron chi connectivity index (χ1n) is 6.29. The van der Waals surface area contributed by atoms with Crippen molar-refractivity contribution in [3.8, 4) is 16.5 Å². The van der Waals surface area contributed by atoms with Gasteiger partial charge in [-0.3, -0.25) is 0 Å². The van der Waals surface area contributed by atoms with Crippen LogP contribution in [-0.4, -0.2) is 27.9 Å². The Labute approximate surface area is 117 Å². The van der Waals surface area contributed by atoms with E-state index in [0.29, 0.717) is 6.04 Å². The number of nitrogens with zero attached hydrogens (tertiary/aromatic N) is 3. The predicted molar refractivity (Wildman–Crippen MR) is 77.6 cm³/mol. The second-order valence-electron chi connectivity index (χ2n) is 4.76. The standard InChI is InChI=1S/C13H20N4OS/c1-8(2)14-6-10-7-15-12(19-10)11-9(3)16-17(4)13(11)18-5/h7-8,14H,6H2,1-5H3. The van der Waals surface area contributed by atoms with Crippen LogP contribution in [-0.2, 0) is 13.6 Å². The van der Waals surface area contributed by atoms with Gasteiger partial charge in [-0.15, -0.1) is 11.3 Å². The van der Waals surface area contributed by atoms with Crippen molar-refractivity contribution in [1.82, 2.24) is 20.1 Å². The molecule has 2 aromatic rings. The van der Waals surface area contributed by atoms with Crippen LogP contribution in [0.4, 0.5) is 0 Å². The Morgan fingerprint density at radius 3 is 2.84 bits per heavy atom. The van der Waals surface area contributed by atoms with Crippen LogP contribution in [0.1, 0.15) is 24.4 Å². The van der Waals surface area contributed by atoms with Crippen molar-refractivity contribution in [3.63, 3.8) is 0 Å². The number of methoxy groups -OCH3 is 1. The molecule has 6 heteroatoms. The second-order valence-corrected chi connectivity index (χ2v) is 5.88. The van der Waals surface area contributed by atoms with Crippen molar-refractivity contribution >= 4 is 11.3 Å². The number of hydrogen-bond donors (Lipinski definition) is 1. The molecule has 1 N–H and O–H groups in total. The molecule has 2 aromatic heterocycles. The molecule has 2 heterocycles. The van der Waals surface area contributed by atoms with E-state index in [-0.39, 0.29) is 0 Å². The number of ether oxygens (including phenoxy) is 1. The molecule has 2 rings (SSSR count). The number of aromatic nitrogens is 3. The molecule has 5 nitrogen and oxygen atoms in total. The molecule has 0 aliphatic rings. The summed E-state index contributed by atoms with van der Waals surface area (Å²) < 4.78 is 7.16. The lowest BCUT2D eigenvalue weighted by atomic mass is 10.2. The fraction of sp³-hybridized carbons (Fsp3) is 0.538. The SMILES string of the molecule is COc1c(-c2ncc(CNC(C)C)s2)c(C)nn1C. The van der Waals surface area contributed by atoms with Crippen LogP contribution in [0.5, 0.6) is 5.88 Å². The summed E-state index contributed by atoms with van der Waals surface area (Å²) in [5.41, 5.74) is 1.93. The Hall–Kier alpha value is -1.40. The van der Waals surface area contributed by atoms with E-state index >= 15 is 0 Å². The van der Waals surface area contributed by atoms with Gasteiger partial charge in [-0.2, -0.15) is 5.10 Å². The smallest absolute Gasteiger partial charge is 0.222 e. The monoisotopic (exact) mass is 280 g/mol. The molecule has 19 heavy (non-hydrogen) atoms. The summed E-state index contributed by atoms with van der Waals surface area (Å²) in [6.07, 6.45) is 1.92. The molecule has 0 spiro atoms. The summed E-state index contributed by atoms with van der Waals surface area (Å²) in [7, 11) is 3.54. The summed E-state index contributed by atoms with van der Waals surface area (Å²) in [6, 6.07) is 0.472. The molecule has 0 bridgehead atoms. The minimum Gasteiger partial charge on any atom is -0.481 e. The van der Waals surface area contributed by atoms with Gasteiger partial charge in [0.15, 0.2) is 0 Å². The van der Waals surface area contributed by atoms with E-state index in [0.717, 1.165) is 28.7 Å². The molecule has 0 aromatic carbocycles. The number of nitrogens with one attached hydrogen (secondary N) is 1. The first-order chi connectivity index (χ1) is 9.02. The predicted octanol–water partition coefficient (Wildman–Crippen LogP) is 2.36. The van der Waals surface area contributed by atoms with Gasteiger partial charge >= 0.3 is 0 Å². The van der Waals surface area contributed by atoms with Crippen molar-refractivity contribution in [1.29, 1.82) is 0 Å². The highest BCUT2D eigenvalue weighted by molar-refractivity contribution is 7.15. The summed E-state index contributed by atoms with van der Waals surface area (Å²) in [5.74, 6) is 0.759. The van der Waals surface area contributed by atoms with Crippen molar-refractivity contribution in [2.75, 3.05) is 7.11 Å². The molecule has 0 unspecified atom stereocenters. The molecule has 0 saturated carbocycles. The molecular weight excluding hydrogens is 260 g/mol. The molecular formula is C13H20N4OS. The molecule has 0 aliphatic heterocycles. The molecule has 0 radical (unpaired) electrons. The average molecular weight is 280 g/mol. The highest BCUT2D eigenvalue weighted by atomic mass is 32.1. The summed E-state index contributed by atoms with van der Waals surface area (Å²) >= 11 is 1.68. The Morgan fingerprint density at radius 1 is 1.47 bits per heavy atom. The van der Waals surface area contributed by atoms with Gasteiger partial charge in [0.2, 0.25) is 5.88 Å². The first kappa shape index (κ1) is 14.0.